The normalized spacial score (nSPS) is 18.1. The molecule has 1 aromatic rings. The monoisotopic (exact) mass is 291 g/mol. The first-order valence-corrected chi connectivity index (χ1v) is 6.95. The average Bonchev–Trinajstić information content (AvgIpc) is 2.49. The van der Waals surface area contributed by atoms with E-state index in [2.05, 4.69) is 0 Å². The topological polar surface area (TPSA) is 60.2 Å². The molecule has 1 aromatic carbocycles. The molecule has 7 heteroatoms. The van der Waals surface area contributed by atoms with E-state index in [4.69, 9.17) is 5.73 Å². The number of hydrogen-bond acceptors (Lipinski definition) is 3. The summed E-state index contributed by atoms with van der Waals surface area (Å²) in [6.07, 6.45) is -4.58. The minimum absolute atomic E-state index is 0.237. The van der Waals surface area contributed by atoms with Crippen molar-refractivity contribution in [1.82, 2.24) is 0 Å². The van der Waals surface area contributed by atoms with Gasteiger partial charge in [0.15, 0.2) is 0 Å². The number of nitrogens with two attached hydrogens (primary N) is 1. The maximum atomic E-state index is 12.6. The first-order valence-electron chi connectivity index (χ1n) is 5.41. The van der Waals surface area contributed by atoms with E-state index >= 15 is 0 Å². The fourth-order valence-electron chi connectivity index (χ4n) is 1.94. The van der Waals surface area contributed by atoms with Crippen LogP contribution >= 0.6 is 0 Å². The van der Waals surface area contributed by atoms with E-state index in [1.54, 1.807) is 13.8 Å². The average molecular weight is 291 g/mol. The summed E-state index contributed by atoms with van der Waals surface area (Å²) in [5.41, 5.74) is 4.46. The Morgan fingerprint density at radius 1 is 1.16 bits per heavy atom. The van der Waals surface area contributed by atoms with Gasteiger partial charge in [-0.3, -0.25) is 0 Å². The Kier molecular flexibility index (Phi) is 2.84. The summed E-state index contributed by atoms with van der Waals surface area (Å²) < 4.78 is 61.6. The quantitative estimate of drug-likeness (QED) is 0.865. The number of rotatable bonds is 1. The smallest absolute Gasteiger partial charge is 0.322 e. The van der Waals surface area contributed by atoms with Crippen LogP contribution in [-0.2, 0) is 16.0 Å². The number of fused-ring (bicyclic) bond motifs is 1. The third-order valence-electron chi connectivity index (χ3n) is 2.87. The summed E-state index contributed by atoms with van der Waals surface area (Å²) in [5, 5.41) is 0.942. The Labute approximate surface area is 108 Å². The van der Waals surface area contributed by atoms with Crippen LogP contribution in [0.1, 0.15) is 25.0 Å². The standard InChI is InChI=1S/C12H12F3NO2S/c1-11(2,16)9-6-19(17,18)10-5-7(12(13,14)15)3-4-8(9)10/h3-6H,16H2,1-2H3. The highest BCUT2D eigenvalue weighted by Gasteiger charge is 2.37. The van der Waals surface area contributed by atoms with Crippen molar-refractivity contribution in [3.05, 3.63) is 34.7 Å². The van der Waals surface area contributed by atoms with Gasteiger partial charge in [0.1, 0.15) is 0 Å². The van der Waals surface area contributed by atoms with E-state index in [-0.39, 0.29) is 10.5 Å². The van der Waals surface area contributed by atoms with E-state index in [1.807, 2.05) is 0 Å². The molecule has 0 unspecified atom stereocenters. The van der Waals surface area contributed by atoms with Crippen LogP contribution < -0.4 is 5.73 Å². The fourth-order valence-corrected chi connectivity index (χ4v) is 3.58. The molecule has 0 spiro atoms. The summed E-state index contributed by atoms with van der Waals surface area (Å²) in [5.74, 6) is 0. The van der Waals surface area contributed by atoms with E-state index < -0.39 is 27.1 Å². The summed E-state index contributed by atoms with van der Waals surface area (Å²) in [6.45, 7) is 3.20. The van der Waals surface area contributed by atoms with E-state index in [1.165, 1.54) is 0 Å². The molecule has 0 saturated carbocycles. The number of halogens is 3. The number of benzene rings is 1. The largest absolute Gasteiger partial charge is 0.416 e. The van der Waals surface area contributed by atoms with E-state index in [9.17, 15) is 21.6 Å². The predicted octanol–water partition coefficient (Wildman–Crippen LogP) is 2.57. The molecule has 0 aliphatic carbocycles. The third-order valence-corrected chi connectivity index (χ3v) is 4.37. The molecule has 0 fully saturated rings. The number of alkyl halides is 3. The minimum Gasteiger partial charge on any atom is -0.322 e. The van der Waals surface area contributed by atoms with Gasteiger partial charge in [-0.05, 0) is 37.1 Å². The molecule has 3 nitrogen and oxygen atoms in total. The maximum absolute atomic E-state index is 12.6. The summed E-state index contributed by atoms with van der Waals surface area (Å²) in [6, 6.07) is 2.67. The van der Waals surface area contributed by atoms with Gasteiger partial charge in [0.05, 0.1) is 10.5 Å². The van der Waals surface area contributed by atoms with Crippen LogP contribution in [0.3, 0.4) is 0 Å². The zero-order chi connectivity index (χ0) is 14.6. The zero-order valence-electron chi connectivity index (χ0n) is 10.2. The highest BCUT2D eigenvalue weighted by Crippen LogP contribution is 2.41. The Balaban J connectivity index is 2.69. The molecule has 0 aromatic heterocycles. The molecule has 0 atom stereocenters. The van der Waals surface area contributed by atoms with Crippen LogP contribution in [-0.4, -0.2) is 14.0 Å². The lowest BCUT2D eigenvalue weighted by atomic mass is 9.90. The molecule has 19 heavy (non-hydrogen) atoms. The van der Waals surface area contributed by atoms with Gasteiger partial charge in [-0.1, -0.05) is 6.07 Å². The van der Waals surface area contributed by atoms with Gasteiger partial charge in [-0.2, -0.15) is 13.2 Å². The van der Waals surface area contributed by atoms with Gasteiger partial charge in [-0.25, -0.2) is 8.42 Å². The van der Waals surface area contributed by atoms with E-state index in [0.717, 1.165) is 17.5 Å². The lowest BCUT2D eigenvalue weighted by molar-refractivity contribution is -0.137. The van der Waals surface area contributed by atoms with Crippen LogP contribution in [0.4, 0.5) is 13.2 Å². The van der Waals surface area contributed by atoms with Crippen molar-refractivity contribution >= 4 is 15.4 Å². The molecule has 0 amide bonds. The Morgan fingerprint density at radius 3 is 2.21 bits per heavy atom. The van der Waals surface area contributed by atoms with Crippen molar-refractivity contribution in [3.8, 4) is 0 Å². The highest BCUT2D eigenvalue weighted by atomic mass is 32.2. The highest BCUT2D eigenvalue weighted by molar-refractivity contribution is 7.95. The molecule has 0 radical (unpaired) electrons. The first kappa shape index (κ1) is 14.1. The molecule has 104 valence electrons. The summed E-state index contributed by atoms with van der Waals surface area (Å²) in [4.78, 5) is -0.337. The Morgan fingerprint density at radius 2 is 1.74 bits per heavy atom. The van der Waals surface area contributed by atoms with Gasteiger partial charge < -0.3 is 5.73 Å². The van der Waals surface area contributed by atoms with Gasteiger partial charge >= 0.3 is 6.18 Å². The molecular formula is C12H12F3NO2S. The molecular weight excluding hydrogens is 279 g/mol. The van der Waals surface area contributed by atoms with Crippen LogP contribution in [0.15, 0.2) is 28.5 Å². The molecule has 2 rings (SSSR count). The van der Waals surface area contributed by atoms with Crippen molar-refractivity contribution in [3.63, 3.8) is 0 Å². The van der Waals surface area contributed by atoms with Gasteiger partial charge in [0.25, 0.3) is 0 Å². The zero-order valence-corrected chi connectivity index (χ0v) is 11.1. The van der Waals surface area contributed by atoms with E-state index in [0.29, 0.717) is 11.6 Å². The van der Waals surface area contributed by atoms with Gasteiger partial charge in [-0.15, -0.1) is 0 Å². The summed E-state index contributed by atoms with van der Waals surface area (Å²) in [7, 11) is -3.86. The van der Waals surface area contributed by atoms with Crippen LogP contribution in [0.2, 0.25) is 0 Å². The fraction of sp³-hybridized carbons (Fsp3) is 0.333. The number of sulfone groups is 1. The molecule has 0 saturated heterocycles. The van der Waals surface area contributed by atoms with Crippen molar-refractivity contribution in [1.29, 1.82) is 0 Å². The van der Waals surface area contributed by atoms with Crippen LogP contribution in [0.5, 0.6) is 0 Å². The van der Waals surface area contributed by atoms with Crippen molar-refractivity contribution in [2.45, 2.75) is 30.5 Å². The van der Waals surface area contributed by atoms with Gasteiger partial charge in [0, 0.05) is 10.9 Å². The Bertz CT molecular complexity index is 667. The maximum Gasteiger partial charge on any atom is 0.416 e. The lowest BCUT2D eigenvalue weighted by Crippen LogP contribution is -2.32. The van der Waals surface area contributed by atoms with Crippen molar-refractivity contribution in [2.24, 2.45) is 5.73 Å². The van der Waals surface area contributed by atoms with Crippen LogP contribution in [0.25, 0.3) is 5.57 Å². The summed E-state index contributed by atoms with van der Waals surface area (Å²) >= 11 is 0. The first-order chi connectivity index (χ1) is 8.43. The van der Waals surface area contributed by atoms with Crippen molar-refractivity contribution in [2.75, 3.05) is 0 Å². The molecule has 1 aliphatic rings. The minimum atomic E-state index is -4.58. The lowest BCUT2D eigenvalue weighted by Gasteiger charge is -2.21. The Hall–Kier alpha value is -1.34. The second kappa shape index (κ2) is 3.83. The van der Waals surface area contributed by atoms with Crippen LogP contribution in [0, 0.1) is 0 Å². The predicted molar refractivity (Wildman–Crippen MR) is 64.9 cm³/mol. The second-order valence-electron chi connectivity index (χ2n) is 5.01. The molecule has 1 heterocycles. The van der Waals surface area contributed by atoms with Crippen molar-refractivity contribution < 1.29 is 21.6 Å². The molecule has 1 aliphatic heterocycles. The third kappa shape index (κ3) is 2.40. The molecule has 2 N–H and O–H groups in total. The second-order valence-corrected chi connectivity index (χ2v) is 6.77. The SMILES string of the molecule is CC(C)(N)C1=CS(=O)(=O)c2cc(C(F)(F)F)ccc21. The number of hydrogen-bond donors (Lipinski definition) is 1. The van der Waals surface area contributed by atoms with Gasteiger partial charge in [0.2, 0.25) is 9.84 Å². The molecule has 0 bridgehead atoms.